The number of ether oxygens (including phenoxy) is 2. The maximum atomic E-state index is 12.6. The molecule has 0 bridgehead atoms. The van der Waals surface area contributed by atoms with E-state index in [9.17, 15) is 4.79 Å². The van der Waals surface area contributed by atoms with Crippen molar-refractivity contribution in [3.63, 3.8) is 0 Å². The Morgan fingerprint density at radius 2 is 2.16 bits per heavy atom. The zero-order valence-electron chi connectivity index (χ0n) is 18.0. The molecule has 1 N–H and O–H groups in total. The molecule has 166 valence electrons. The number of fused-ring (bicyclic) bond motifs is 1. The van der Waals surface area contributed by atoms with Crippen LogP contribution >= 0.6 is 11.3 Å². The second-order valence-corrected chi connectivity index (χ2v) is 8.53. The van der Waals surface area contributed by atoms with Crippen molar-refractivity contribution in [2.45, 2.75) is 26.2 Å². The first-order valence-electron chi connectivity index (χ1n) is 10.8. The number of aromatic nitrogens is 3. The largest absolute Gasteiger partial charge is 0.497 e. The summed E-state index contributed by atoms with van der Waals surface area (Å²) in [7, 11) is 1.66. The van der Waals surface area contributed by atoms with Crippen LogP contribution in [-0.2, 0) is 9.53 Å². The summed E-state index contributed by atoms with van der Waals surface area (Å²) in [6.07, 6.45) is 4.69. The fraction of sp³-hybridized carbons (Fsp3) is 0.500. The maximum absolute atomic E-state index is 12.6. The first kappa shape index (κ1) is 21.6. The molecule has 1 aliphatic rings. The third kappa shape index (κ3) is 5.16. The predicted molar refractivity (Wildman–Crippen MR) is 122 cm³/mol. The van der Waals surface area contributed by atoms with Crippen LogP contribution < -0.4 is 15.0 Å². The van der Waals surface area contributed by atoms with Gasteiger partial charge < -0.3 is 19.7 Å². The number of nitrogens with one attached hydrogen (secondary N) is 1. The average molecular weight is 444 g/mol. The van der Waals surface area contributed by atoms with Gasteiger partial charge in [-0.05, 0) is 50.5 Å². The molecule has 1 amide bonds. The highest BCUT2D eigenvalue weighted by Gasteiger charge is 2.27. The number of imidazole rings is 1. The Balaban J connectivity index is 1.37. The third-order valence-electron chi connectivity index (χ3n) is 5.45. The van der Waals surface area contributed by atoms with Crippen molar-refractivity contribution in [3.8, 4) is 17.0 Å². The average Bonchev–Trinajstić information content (AvgIpc) is 3.39. The number of hydrogen-bond donors (Lipinski definition) is 1. The highest BCUT2D eigenvalue weighted by atomic mass is 32.1. The predicted octanol–water partition coefficient (Wildman–Crippen LogP) is 3.23. The van der Waals surface area contributed by atoms with E-state index in [1.807, 2.05) is 41.9 Å². The highest BCUT2D eigenvalue weighted by Crippen LogP contribution is 2.30. The molecule has 1 atom stereocenters. The molecule has 1 aliphatic heterocycles. The molecule has 0 radical (unpaired) electrons. The smallest absolute Gasteiger partial charge is 0.224 e. The van der Waals surface area contributed by atoms with Gasteiger partial charge in [0, 0.05) is 38.4 Å². The van der Waals surface area contributed by atoms with E-state index in [0.29, 0.717) is 26.3 Å². The van der Waals surface area contributed by atoms with Crippen LogP contribution in [0.5, 0.6) is 5.75 Å². The second kappa shape index (κ2) is 10.1. The Morgan fingerprint density at radius 1 is 1.32 bits per heavy atom. The topological polar surface area (TPSA) is 81.0 Å². The summed E-state index contributed by atoms with van der Waals surface area (Å²) in [4.78, 5) is 20.3. The normalized spacial score (nSPS) is 16.6. The molecule has 9 heteroatoms. The molecule has 2 aromatic heterocycles. The van der Waals surface area contributed by atoms with E-state index in [-0.39, 0.29) is 11.8 Å². The van der Waals surface area contributed by atoms with E-state index >= 15 is 0 Å². The van der Waals surface area contributed by atoms with Crippen molar-refractivity contribution in [1.82, 2.24) is 19.9 Å². The SMILES string of the molecule is CCOCCCNC(=O)[C@@H]1CCCN(c2nn3cc(-c4ccc(OC)cc4)nc3s2)C1. The number of piperidine rings is 1. The summed E-state index contributed by atoms with van der Waals surface area (Å²) in [6, 6.07) is 7.84. The van der Waals surface area contributed by atoms with Crippen LogP contribution in [0.2, 0.25) is 0 Å². The molecule has 0 spiro atoms. The number of benzene rings is 1. The van der Waals surface area contributed by atoms with Crippen molar-refractivity contribution < 1.29 is 14.3 Å². The molecule has 0 unspecified atom stereocenters. The van der Waals surface area contributed by atoms with Crippen LogP contribution in [0.3, 0.4) is 0 Å². The van der Waals surface area contributed by atoms with E-state index < -0.39 is 0 Å². The molecule has 8 nitrogen and oxygen atoms in total. The molecule has 31 heavy (non-hydrogen) atoms. The lowest BCUT2D eigenvalue weighted by Gasteiger charge is -2.31. The van der Waals surface area contributed by atoms with E-state index in [0.717, 1.165) is 52.9 Å². The minimum atomic E-state index is -0.00748. The second-order valence-electron chi connectivity index (χ2n) is 7.59. The zero-order chi connectivity index (χ0) is 21.6. The molecule has 0 saturated carbocycles. The van der Waals surface area contributed by atoms with Crippen LogP contribution in [0.4, 0.5) is 5.13 Å². The van der Waals surface area contributed by atoms with E-state index in [1.54, 1.807) is 18.4 Å². The molecule has 1 fully saturated rings. The van der Waals surface area contributed by atoms with Gasteiger partial charge in [0.05, 0.1) is 24.9 Å². The number of methoxy groups -OCH3 is 1. The molecular weight excluding hydrogens is 414 g/mol. The molecule has 1 aromatic carbocycles. The number of hydrogen-bond acceptors (Lipinski definition) is 7. The van der Waals surface area contributed by atoms with E-state index in [4.69, 9.17) is 19.6 Å². The van der Waals surface area contributed by atoms with Crippen molar-refractivity contribution >= 4 is 27.3 Å². The molecule has 1 saturated heterocycles. The van der Waals surface area contributed by atoms with Crippen LogP contribution in [0, 0.1) is 5.92 Å². The first-order chi connectivity index (χ1) is 15.2. The van der Waals surface area contributed by atoms with Gasteiger partial charge in [-0.1, -0.05) is 11.3 Å². The summed E-state index contributed by atoms with van der Waals surface area (Å²) in [5.74, 6) is 0.944. The van der Waals surface area contributed by atoms with E-state index in [2.05, 4.69) is 10.2 Å². The molecule has 4 rings (SSSR count). The fourth-order valence-electron chi connectivity index (χ4n) is 3.76. The lowest BCUT2D eigenvalue weighted by atomic mass is 9.97. The van der Waals surface area contributed by atoms with Gasteiger partial charge in [-0.25, -0.2) is 9.50 Å². The van der Waals surface area contributed by atoms with E-state index in [1.165, 1.54) is 0 Å². The van der Waals surface area contributed by atoms with Crippen molar-refractivity contribution in [2.24, 2.45) is 5.92 Å². The zero-order valence-corrected chi connectivity index (χ0v) is 18.9. The maximum Gasteiger partial charge on any atom is 0.224 e. The van der Waals surface area contributed by atoms with Gasteiger partial charge in [0.25, 0.3) is 0 Å². The lowest BCUT2D eigenvalue weighted by Crippen LogP contribution is -2.43. The number of carbonyl (C=O) groups excluding carboxylic acids is 1. The summed E-state index contributed by atoms with van der Waals surface area (Å²) >= 11 is 1.56. The van der Waals surface area contributed by atoms with Gasteiger partial charge >= 0.3 is 0 Å². The van der Waals surface area contributed by atoms with Crippen LogP contribution in [0.15, 0.2) is 30.5 Å². The molecular formula is C22H29N5O3S. The Morgan fingerprint density at radius 3 is 2.90 bits per heavy atom. The Labute approximate surface area is 186 Å². The van der Waals surface area contributed by atoms with Crippen molar-refractivity contribution in [3.05, 3.63) is 30.5 Å². The number of nitrogens with zero attached hydrogens (tertiary/aromatic N) is 4. The third-order valence-corrected chi connectivity index (χ3v) is 6.43. The van der Waals surface area contributed by atoms with Gasteiger partial charge in [0.2, 0.25) is 16.0 Å². The quantitative estimate of drug-likeness (QED) is 0.512. The molecule has 3 aromatic rings. The van der Waals surface area contributed by atoms with Crippen LogP contribution in [0.25, 0.3) is 16.2 Å². The fourth-order valence-corrected chi connectivity index (χ4v) is 4.68. The Kier molecular flexibility index (Phi) is 7.03. The van der Waals surface area contributed by atoms with Gasteiger partial charge in [-0.15, -0.1) is 5.10 Å². The van der Waals surface area contributed by atoms with Gasteiger partial charge in [-0.3, -0.25) is 4.79 Å². The summed E-state index contributed by atoms with van der Waals surface area (Å²) in [5, 5.41) is 8.70. The highest BCUT2D eigenvalue weighted by molar-refractivity contribution is 7.20. The summed E-state index contributed by atoms with van der Waals surface area (Å²) in [5.41, 5.74) is 1.91. The summed E-state index contributed by atoms with van der Waals surface area (Å²) < 4.78 is 12.4. The number of carbonyl (C=O) groups is 1. The standard InChI is InChI=1S/C22H29N5O3S/c1-3-30-13-5-11-23-20(28)17-6-4-12-26(14-17)22-25-27-15-19(24-21(27)31-22)16-7-9-18(29-2)10-8-16/h7-10,15,17H,3-6,11-14H2,1-2H3,(H,23,28)/t17-/m1/s1. The van der Waals surface area contributed by atoms with Crippen LogP contribution in [-0.4, -0.2) is 60.5 Å². The Bertz CT molecular complexity index is 969. The number of amides is 1. The van der Waals surface area contributed by atoms with Gasteiger partial charge in [-0.2, -0.15) is 0 Å². The van der Waals surface area contributed by atoms with Crippen LogP contribution in [0.1, 0.15) is 26.2 Å². The van der Waals surface area contributed by atoms with Crippen molar-refractivity contribution in [2.75, 3.05) is 44.9 Å². The Hall–Kier alpha value is -2.65. The minimum absolute atomic E-state index is 0.00748. The molecule has 3 heterocycles. The minimum Gasteiger partial charge on any atom is -0.497 e. The monoisotopic (exact) mass is 443 g/mol. The lowest BCUT2D eigenvalue weighted by molar-refractivity contribution is -0.125. The summed E-state index contributed by atoms with van der Waals surface area (Å²) in [6.45, 7) is 5.64. The molecule has 0 aliphatic carbocycles. The number of anilines is 1. The van der Waals surface area contributed by atoms with Crippen molar-refractivity contribution in [1.29, 1.82) is 0 Å². The van der Waals surface area contributed by atoms with Gasteiger partial charge in [0.15, 0.2) is 0 Å². The number of rotatable bonds is 9. The first-order valence-corrected chi connectivity index (χ1v) is 11.6. The van der Waals surface area contributed by atoms with Gasteiger partial charge in [0.1, 0.15) is 5.75 Å².